The van der Waals surface area contributed by atoms with E-state index in [0.717, 1.165) is 17.8 Å². The van der Waals surface area contributed by atoms with Gasteiger partial charge in [0.15, 0.2) is 18.2 Å². The van der Waals surface area contributed by atoms with Crippen LogP contribution in [0.4, 0.5) is 11.6 Å². The van der Waals surface area contributed by atoms with E-state index < -0.39 is 0 Å². The van der Waals surface area contributed by atoms with Gasteiger partial charge in [-0.05, 0) is 31.2 Å². The first-order chi connectivity index (χ1) is 12.6. The summed E-state index contributed by atoms with van der Waals surface area (Å²) in [6.45, 7) is 4.65. The van der Waals surface area contributed by atoms with Crippen LogP contribution in [-0.4, -0.2) is 60.2 Å². The predicted molar refractivity (Wildman–Crippen MR) is 97.2 cm³/mol. The van der Waals surface area contributed by atoms with E-state index >= 15 is 0 Å². The van der Waals surface area contributed by atoms with E-state index in [1.165, 1.54) is 0 Å². The quantitative estimate of drug-likeness (QED) is 0.780. The first-order valence-electron chi connectivity index (χ1n) is 8.41. The molecule has 8 nitrogen and oxygen atoms in total. The number of piperazine rings is 1. The van der Waals surface area contributed by atoms with Crippen molar-refractivity contribution < 1.29 is 14.3 Å². The number of rotatable bonds is 6. The van der Waals surface area contributed by atoms with Crippen LogP contribution >= 0.6 is 0 Å². The molecule has 1 aliphatic rings. The molecule has 1 N–H and O–H groups in total. The Kier molecular flexibility index (Phi) is 5.62. The predicted octanol–water partition coefficient (Wildman–Crippen LogP) is 1.08. The summed E-state index contributed by atoms with van der Waals surface area (Å²) in [4.78, 5) is 26.5. The Hall–Kier alpha value is -3.16. The number of carbonyl (C=O) groups is 2. The molecule has 2 aromatic rings. The van der Waals surface area contributed by atoms with Gasteiger partial charge < -0.3 is 19.9 Å². The van der Waals surface area contributed by atoms with Crippen molar-refractivity contribution in [3.63, 3.8) is 0 Å². The molecule has 1 fully saturated rings. The second-order valence-corrected chi connectivity index (χ2v) is 6.06. The average Bonchev–Trinajstić information content (AvgIpc) is 2.68. The number of nitrogens with one attached hydrogen (secondary N) is 1. The van der Waals surface area contributed by atoms with Crippen molar-refractivity contribution in [2.24, 2.45) is 0 Å². The van der Waals surface area contributed by atoms with Gasteiger partial charge in [-0.1, -0.05) is 17.7 Å². The van der Waals surface area contributed by atoms with Gasteiger partial charge in [0.25, 0.3) is 5.91 Å². The smallest absolute Gasteiger partial charge is 0.263 e. The molecule has 0 atom stereocenters. The van der Waals surface area contributed by atoms with Crippen LogP contribution in [-0.2, 0) is 9.59 Å². The zero-order valence-electron chi connectivity index (χ0n) is 14.6. The molecule has 1 saturated heterocycles. The van der Waals surface area contributed by atoms with Crippen molar-refractivity contribution in [2.75, 3.05) is 43.0 Å². The van der Waals surface area contributed by atoms with E-state index in [2.05, 4.69) is 20.4 Å². The van der Waals surface area contributed by atoms with Crippen molar-refractivity contribution in [3.8, 4) is 5.75 Å². The molecule has 0 radical (unpaired) electrons. The third-order valence-electron chi connectivity index (χ3n) is 4.10. The van der Waals surface area contributed by atoms with Gasteiger partial charge >= 0.3 is 0 Å². The number of benzene rings is 1. The molecular formula is C18H21N5O3. The molecule has 0 spiro atoms. The second-order valence-electron chi connectivity index (χ2n) is 6.06. The number of aryl methyl sites for hydroxylation is 1. The number of nitrogens with zero attached hydrogens (tertiary/aromatic N) is 4. The molecule has 1 aliphatic heterocycles. The molecule has 0 unspecified atom stereocenters. The van der Waals surface area contributed by atoms with E-state index in [1.807, 2.05) is 31.2 Å². The maximum absolute atomic E-state index is 12.0. The largest absolute Gasteiger partial charge is 0.484 e. The molecule has 26 heavy (non-hydrogen) atoms. The fourth-order valence-electron chi connectivity index (χ4n) is 2.58. The number of hydrogen-bond donors (Lipinski definition) is 1. The van der Waals surface area contributed by atoms with E-state index in [0.29, 0.717) is 37.7 Å². The van der Waals surface area contributed by atoms with Crippen molar-refractivity contribution in [1.82, 2.24) is 15.1 Å². The summed E-state index contributed by atoms with van der Waals surface area (Å²) in [7, 11) is 0. The van der Waals surface area contributed by atoms with Crippen LogP contribution in [0.15, 0.2) is 36.4 Å². The van der Waals surface area contributed by atoms with Crippen molar-refractivity contribution in [2.45, 2.75) is 6.92 Å². The summed E-state index contributed by atoms with van der Waals surface area (Å²) in [5.41, 5.74) is 1.13. The Balaban J connectivity index is 1.48. The lowest BCUT2D eigenvalue weighted by Gasteiger charge is -2.32. The molecule has 2 heterocycles. The van der Waals surface area contributed by atoms with E-state index in [4.69, 9.17) is 4.74 Å². The van der Waals surface area contributed by atoms with E-state index in [1.54, 1.807) is 17.0 Å². The molecule has 2 amide bonds. The highest BCUT2D eigenvalue weighted by molar-refractivity contribution is 5.90. The lowest BCUT2D eigenvalue weighted by Crippen LogP contribution is -2.46. The van der Waals surface area contributed by atoms with Crippen LogP contribution in [0.2, 0.25) is 0 Å². The Morgan fingerprint density at radius 2 is 1.85 bits per heavy atom. The molecule has 8 heteroatoms. The number of carbonyl (C=O) groups excluding carboxylic acids is 2. The third-order valence-corrected chi connectivity index (χ3v) is 4.10. The fourth-order valence-corrected chi connectivity index (χ4v) is 2.58. The van der Waals surface area contributed by atoms with Gasteiger partial charge in [0.05, 0.1) is 0 Å². The summed E-state index contributed by atoms with van der Waals surface area (Å²) >= 11 is 0. The number of anilines is 2. The lowest BCUT2D eigenvalue weighted by atomic mass is 10.2. The summed E-state index contributed by atoms with van der Waals surface area (Å²) in [6, 6.07) is 11.0. The Bertz CT molecular complexity index is 740. The third kappa shape index (κ3) is 4.69. The van der Waals surface area contributed by atoms with Crippen molar-refractivity contribution in [1.29, 1.82) is 0 Å². The summed E-state index contributed by atoms with van der Waals surface area (Å²) in [5, 5.41) is 10.8. The number of hydrogen-bond acceptors (Lipinski definition) is 6. The average molecular weight is 355 g/mol. The molecule has 0 aliphatic carbocycles. The normalized spacial score (nSPS) is 14.0. The van der Waals surface area contributed by atoms with Crippen molar-refractivity contribution in [3.05, 3.63) is 42.0 Å². The van der Waals surface area contributed by atoms with Gasteiger partial charge in [-0.2, -0.15) is 0 Å². The maximum atomic E-state index is 12.0. The van der Waals surface area contributed by atoms with Gasteiger partial charge in [-0.3, -0.25) is 9.59 Å². The molecule has 0 bridgehead atoms. The number of aromatic nitrogens is 2. The molecule has 0 saturated carbocycles. The van der Waals surface area contributed by atoms with Crippen LogP contribution in [0.1, 0.15) is 5.56 Å². The zero-order valence-corrected chi connectivity index (χ0v) is 14.6. The minimum absolute atomic E-state index is 0.0971. The van der Waals surface area contributed by atoms with Crippen LogP contribution in [0.3, 0.4) is 0 Å². The second kappa shape index (κ2) is 8.28. The van der Waals surface area contributed by atoms with Crippen LogP contribution in [0.25, 0.3) is 0 Å². The molecule has 136 valence electrons. The summed E-state index contributed by atoms with van der Waals surface area (Å²) in [5.74, 6) is 1.44. The Morgan fingerprint density at radius 3 is 2.46 bits per heavy atom. The van der Waals surface area contributed by atoms with E-state index in [9.17, 15) is 9.59 Å². The number of amides is 2. The zero-order chi connectivity index (χ0) is 18.4. The Labute approximate surface area is 151 Å². The highest BCUT2D eigenvalue weighted by Crippen LogP contribution is 2.14. The van der Waals surface area contributed by atoms with Crippen LogP contribution in [0.5, 0.6) is 5.75 Å². The van der Waals surface area contributed by atoms with Gasteiger partial charge in [0, 0.05) is 26.2 Å². The minimum Gasteiger partial charge on any atom is -0.484 e. The molecular weight excluding hydrogens is 334 g/mol. The highest BCUT2D eigenvalue weighted by atomic mass is 16.5. The lowest BCUT2D eigenvalue weighted by molar-refractivity contribution is -0.119. The SMILES string of the molecule is Cc1ccc(OCC(=O)Nc2ccc(N3CCN(C=O)CC3)nn2)cc1. The highest BCUT2D eigenvalue weighted by Gasteiger charge is 2.17. The van der Waals surface area contributed by atoms with Crippen molar-refractivity contribution >= 4 is 24.0 Å². The van der Waals surface area contributed by atoms with Crippen LogP contribution < -0.4 is 15.0 Å². The van der Waals surface area contributed by atoms with Gasteiger partial charge in [0.1, 0.15) is 5.75 Å². The topological polar surface area (TPSA) is 87.7 Å². The molecule has 1 aromatic heterocycles. The first kappa shape index (κ1) is 17.7. The fraction of sp³-hybridized carbons (Fsp3) is 0.333. The monoisotopic (exact) mass is 355 g/mol. The number of ether oxygens (including phenoxy) is 1. The van der Waals surface area contributed by atoms with Gasteiger partial charge in [0.2, 0.25) is 6.41 Å². The summed E-state index contributed by atoms with van der Waals surface area (Å²) in [6.07, 6.45) is 0.861. The van der Waals surface area contributed by atoms with Gasteiger partial charge in [-0.15, -0.1) is 10.2 Å². The van der Waals surface area contributed by atoms with Gasteiger partial charge in [-0.25, -0.2) is 0 Å². The standard InChI is InChI=1S/C18H21N5O3/c1-14-2-4-15(5-3-14)26-12-18(25)19-16-6-7-17(21-20-16)23-10-8-22(13-24)9-11-23/h2-7,13H,8-12H2,1H3,(H,19,20,25). The minimum atomic E-state index is -0.299. The van der Waals surface area contributed by atoms with E-state index in [-0.39, 0.29) is 12.5 Å². The maximum Gasteiger partial charge on any atom is 0.263 e. The molecule has 3 rings (SSSR count). The van der Waals surface area contributed by atoms with Crippen LogP contribution in [0, 0.1) is 6.92 Å². The summed E-state index contributed by atoms with van der Waals surface area (Å²) < 4.78 is 5.43. The first-order valence-corrected chi connectivity index (χ1v) is 8.41. The molecule has 1 aromatic carbocycles. The Morgan fingerprint density at radius 1 is 1.12 bits per heavy atom.